The van der Waals surface area contributed by atoms with Crippen LogP contribution in [0.4, 0.5) is 4.39 Å². The zero-order valence-corrected chi connectivity index (χ0v) is 10.8. The second kappa shape index (κ2) is 5.47. The van der Waals surface area contributed by atoms with Gasteiger partial charge in [0.2, 0.25) is 0 Å². The molecule has 1 fully saturated rings. The lowest BCUT2D eigenvalue weighted by Crippen LogP contribution is -2.53. The van der Waals surface area contributed by atoms with Gasteiger partial charge >= 0.3 is 0 Å². The monoisotopic (exact) mass is 247 g/mol. The van der Waals surface area contributed by atoms with Crippen LogP contribution in [0.25, 0.3) is 0 Å². The minimum absolute atomic E-state index is 0.350. The van der Waals surface area contributed by atoms with Crippen LogP contribution in [0, 0.1) is 17.1 Å². The molecule has 1 aromatic rings. The molecule has 0 radical (unpaired) electrons. The molecule has 2 atom stereocenters. The Hall–Kier alpha value is -1.44. The Morgan fingerprint density at radius 1 is 1.50 bits per heavy atom. The molecule has 1 N–H and O–H groups in total. The predicted molar refractivity (Wildman–Crippen MR) is 68.5 cm³/mol. The van der Waals surface area contributed by atoms with E-state index in [1.54, 1.807) is 6.07 Å². The van der Waals surface area contributed by atoms with Gasteiger partial charge in [-0.05, 0) is 31.5 Å². The highest BCUT2D eigenvalue weighted by Gasteiger charge is 2.22. The van der Waals surface area contributed by atoms with Gasteiger partial charge in [-0.2, -0.15) is 5.26 Å². The van der Waals surface area contributed by atoms with Gasteiger partial charge in [-0.15, -0.1) is 0 Å². The van der Waals surface area contributed by atoms with Crippen molar-refractivity contribution in [3.8, 4) is 6.07 Å². The maximum absolute atomic E-state index is 13.1. The summed E-state index contributed by atoms with van der Waals surface area (Å²) < 4.78 is 13.1. The lowest BCUT2D eigenvalue weighted by Gasteiger charge is -2.37. The Morgan fingerprint density at radius 3 is 3.00 bits per heavy atom. The van der Waals surface area contributed by atoms with Crippen molar-refractivity contribution < 1.29 is 4.39 Å². The van der Waals surface area contributed by atoms with Gasteiger partial charge in [-0.1, -0.05) is 6.07 Å². The highest BCUT2D eigenvalue weighted by molar-refractivity contribution is 5.37. The van der Waals surface area contributed by atoms with Crippen LogP contribution in [0.5, 0.6) is 0 Å². The molecular formula is C14H18FN3. The molecule has 0 bridgehead atoms. The summed E-state index contributed by atoms with van der Waals surface area (Å²) in [5.41, 5.74) is 1.34. The van der Waals surface area contributed by atoms with Crippen molar-refractivity contribution >= 4 is 0 Å². The number of piperazine rings is 1. The number of nitrogens with zero attached hydrogens (tertiary/aromatic N) is 2. The standard InChI is InChI=1S/C14H18FN3/c1-10-8-18(11(2)7-17-10)9-12-3-4-14(15)5-13(12)6-16/h3-5,10-11,17H,7-9H2,1-2H3. The number of rotatable bonds is 2. The van der Waals surface area contributed by atoms with E-state index in [0.717, 1.165) is 18.7 Å². The first kappa shape index (κ1) is 13.0. The molecule has 0 aliphatic carbocycles. The van der Waals surface area contributed by atoms with Crippen molar-refractivity contribution in [2.45, 2.75) is 32.5 Å². The van der Waals surface area contributed by atoms with Gasteiger partial charge in [0, 0.05) is 31.7 Å². The van der Waals surface area contributed by atoms with Crippen molar-refractivity contribution in [3.05, 3.63) is 35.1 Å². The van der Waals surface area contributed by atoms with Crippen molar-refractivity contribution in [3.63, 3.8) is 0 Å². The number of nitrogens with one attached hydrogen (secondary N) is 1. The first-order valence-electron chi connectivity index (χ1n) is 6.26. The second-order valence-corrected chi connectivity index (χ2v) is 5.00. The minimum Gasteiger partial charge on any atom is -0.311 e. The summed E-state index contributed by atoms with van der Waals surface area (Å²) in [6, 6.07) is 7.40. The summed E-state index contributed by atoms with van der Waals surface area (Å²) in [6.07, 6.45) is 0. The summed E-state index contributed by atoms with van der Waals surface area (Å²) in [5, 5.41) is 12.5. The highest BCUT2D eigenvalue weighted by Crippen LogP contribution is 2.16. The normalized spacial score (nSPS) is 24.8. The summed E-state index contributed by atoms with van der Waals surface area (Å²) >= 11 is 0. The van der Waals surface area contributed by atoms with Gasteiger partial charge in [0.05, 0.1) is 11.6 Å². The van der Waals surface area contributed by atoms with Gasteiger partial charge in [-0.25, -0.2) is 4.39 Å². The molecule has 1 aliphatic rings. The third kappa shape index (κ3) is 2.87. The zero-order chi connectivity index (χ0) is 13.1. The minimum atomic E-state index is -0.350. The first-order valence-corrected chi connectivity index (χ1v) is 6.26. The summed E-state index contributed by atoms with van der Waals surface area (Å²) in [5.74, 6) is -0.350. The van der Waals surface area contributed by atoms with Crippen LogP contribution in [0.1, 0.15) is 25.0 Å². The summed E-state index contributed by atoms with van der Waals surface area (Å²) in [4.78, 5) is 2.33. The largest absolute Gasteiger partial charge is 0.311 e. The Kier molecular flexibility index (Phi) is 3.95. The fraction of sp³-hybridized carbons (Fsp3) is 0.500. The molecule has 96 valence electrons. The van der Waals surface area contributed by atoms with Gasteiger partial charge in [0.25, 0.3) is 0 Å². The lowest BCUT2D eigenvalue weighted by molar-refractivity contribution is 0.138. The number of halogens is 1. The number of nitriles is 1. The Balaban J connectivity index is 2.16. The molecule has 2 rings (SSSR count). The smallest absolute Gasteiger partial charge is 0.124 e. The van der Waals surface area contributed by atoms with E-state index in [-0.39, 0.29) is 5.82 Å². The predicted octanol–water partition coefficient (Wildman–Crippen LogP) is 1.88. The average molecular weight is 247 g/mol. The fourth-order valence-electron chi connectivity index (χ4n) is 2.33. The van der Waals surface area contributed by atoms with E-state index in [1.807, 2.05) is 0 Å². The molecule has 18 heavy (non-hydrogen) atoms. The molecule has 1 aliphatic heterocycles. The molecule has 1 aromatic carbocycles. The van der Waals surface area contributed by atoms with E-state index < -0.39 is 0 Å². The molecule has 1 heterocycles. The van der Waals surface area contributed by atoms with Gasteiger partial charge in [-0.3, -0.25) is 4.90 Å². The molecule has 4 heteroatoms. The zero-order valence-electron chi connectivity index (χ0n) is 10.8. The molecule has 3 nitrogen and oxygen atoms in total. The highest BCUT2D eigenvalue weighted by atomic mass is 19.1. The van der Waals surface area contributed by atoms with E-state index in [9.17, 15) is 4.39 Å². The molecule has 1 saturated heterocycles. The number of hydrogen-bond donors (Lipinski definition) is 1. The van der Waals surface area contributed by atoms with Crippen LogP contribution in [-0.4, -0.2) is 30.1 Å². The van der Waals surface area contributed by atoms with Crippen LogP contribution in [0.15, 0.2) is 18.2 Å². The van der Waals surface area contributed by atoms with Crippen LogP contribution in [0.3, 0.4) is 0 Å². The Labute approximate surface area is 107 Å². The second-order valence-electron chi connectivity index (χ2n) is 5.00. The number of benzene rings is 1. The van der Waals surface area contributed by atoms with E-state index in [0.29, 0.717) is 24.2 Å². The quantitative estimate of drug-likeness (QED) is 0.867. The fourth-order valence-corrected chi connectivity index (χ4v) is 2.33. The van der Waals surface area contributed by atoms with E-state index >= 15 is 0 Å². The third-order valence-corrected chi connectivity index (χ3v) is 3.46. The molecule has 0 amide bonds. The van der Waals surface area contributed by atoms with Gasteiger partial charge in [0.1, 0.15) is 5.82 Å². The topological polar surface area (TPSA) is 39.1 Å². The van der Waals surface area contributed by atoms with Crippen molar-refractivity contribution in [1.82, 2.24) is 10.2 Å². The van der Waals surface area contributed by atoms with Crippen LogP contribution < -0.4 is 5.32 Å². The van der Waals surface area contributed by atoms with Crippen LogP contribution >= 0.6 is 0 Å². The van der Waals surface area contributed by atoms with Gasteiger partial charge < -0.3 is 5.32 Å². The molecule has 2 unspecified atom stereocenters. The first-order chi connectivity index (χ1) is 8.60. The van der Waals surface area contributed by atoms with E-state index in [4.69, 9.17) is 5.26 Å². The van der Waals surface area contributed by atoms with E-state index in [2.05, 4.69) is 30.1 Å². The van der Waals surface area contributed by atoms with Crippen molar-refractivity contribution in [2.24, 2.45) is 0 Å². The maximum Gasteiger partial charge on any atom is 0.124 e. The molecule has 0 aromatic heterocycles. The maximum atomic E-state index is 13.1. The van der Waals surface area contributed by atoms with Crippen molar-refractivity contribution in [2.75, 3.05) is 13.1 Å². The van der Waals surface area contributed by atoms with Gasteiger partial charge in [0.15, 0.2) is 0 Å². The SMILES string of the molecule is CC1CN(Cc2ccc(F)cc2C#N)C(C)CN1. The summed E-state index contributed by atoms with van der Waals surface area (Å²) in [6.45, 7) is 6.91. The van der Waals surface area contributed by atoms with Crippen LogP contribution in [0.2, 0.25) is 0 Å². The molecular weight excluding hydrogens is 229 g/mol. The Bertz CT molecular complexity index is 467. The lowest BCUT2D eigenvalue weighted by atomic mass is 10.1. The average Bonchev–Trinajstić information content (AvgIpc) is 2.36. The summed E-state index contributed by atoms with van der Waals surface area (Å²) in [7, 11) is 0. The third-order valence-electron chi connectivity index (χ3n) is 3.46. The van der Waals surface area contributed by atoms with Crippen molar-refractivity contribution in [1.29, 1.82) is 5.26 Å². The van der Waals surface area contributed by atoms with Crippen LogP contribution in [-0.2, 0) is 6.54 Å². The molecule has 0 saturated carbocycles. The number of hydrogen-bond acceptors (Lipinski definition) is 3. The Morgan fingerprint density at radius 2 is 2.28 bits per heavy atom. The molecule has 0 spiro atoms. The van der Waals surface area contributed by atoms with E-state index in [1.165, 1.54) is 12.1 Å².